The first-order valence-corrected chi connectivity index (χ1v) is 15.6. The van der Waals surface area contributed by atoms with Gasteiger partial charge < -0.3 is 9.47 Å². The molecule has 4 aromatic carbocycles. The maximum absolute atomic E-state index is 14.6. The molecule has 0 saturated heterocycles. The number of aromatic nitrogens is 2. The van der Waals surface area contributed by atoms with Gasteiger partial charge in [0, 0.05) is 12.4 Å². The number of hydrogen-bond acceptors (Lipinski definition) is 5. The van der Waals surface area contributed by atoms with E-state index in [4.69, 9.17) is 9.47 Å². The van der Waals surface area contributed by atoms with Crippen molar-refractivity contribution in [1.82, 2.24) is 9.97 Å². The number of ether oxygens (including phenoxy) is 2. The van der Waals surface area contributed by atoms with E-state index in [1.165, 1.54) is 0 Å². The lowest BCUT2D eigenvalue weighted by atomic mass is 9.81. The van der Waals surface area contributed by atoms with Crippen molar-refractivity contribution in [3.05, 3.63) is 192 Å². The average Bonchev–Trinajstić information content (AvgIpc) is 3.13. The van der Waals surface area contributed by atoms with Crippen LogP contribution >= 0.6 is 0 Å². The SMILES string of the molecule is O=C(C(Cc1ccc(OCc2ccccc2)cc1)c1ccccn1)C(Cc1ccc(OCc2ccccc2)cc1)c1ccccn1. The Morgan fingerprint density at radius 2 is 0.848 bits per heavy atom. The van der Waals surface area contributed by atoms with Crippen molar-refractivity contribution in [2.45, 2.75) is 37.9 Å². The fourth-order valence-corrected chi connectivity index (χ4v) is 5.51. The van der Waals surface area contributed by atoms with Gasteiger partial charge in [-0.2, -0.15) is 0 Å². The molecule has 6 aromatic rings. The van der Waals surface area contributed by atoms with Crippen molar-refractivity contribution in [3.8, 4) is 11.5 Å². The molecule has 2 heterocycles. The molecule has 0 aliphatic carbocycles. The molecule has 228 valence electrons. The normalized spacial score (nSPS) is 12.2. The van der Waals surface area contributed by atoms with E-state index in [9.17, 15) is 4.79 Å². The number of carbonyl (C=O) groups excluding carboxylic acids is 1. The quantitative estimate of drug-likeness (QED) is 0.125. The fraction of sp³-hybridized carbons (Fsp3) is 0.146. The second-order valence-corrected chi connectivity index (χ2v) is 11.3. The largest absolute Gasteiger partial charge is 0.489 e. The van der Waals surface area contributed by atoms with Crippen LogP contribution in [0.1, 0.15) is 45.5 Å². The predicted octanol–water partition coefficient (Wildman–Crippen LogP) is 8.56. The third-order valence-electron chi connectivity index (χ3n) is 8.00. The van der Waals surface area contributed by atoms with Crippen LogP contribution in [-0.2, 0) is 30.8 Å². The summed E-state index contributed by atoms with van der Waals surface area (Å²) >= 11 is 0. The van der Waals surface area contributed by atoms with Gasteiger partial charge in [0.05, 0.1) is 23.2 Å². The molecule has 5 nitrogen and oxygen atoms in total. The molecular weight excluding hydrogens is 568 g/mol. The molecule has 6 rings (SSSR count). The molecule has 2 aromatic heterocycles. The van der Waals surface area contributed by atoms with Gasteiger partial charge in [-0.15, -0.1) is 0 Å². The molecule has 0 radical (unpaired) electrons. The number of Topliss-reactive ketones (excluding diaryl/α,β-unsaturated/α-hetero) is 1. The van der Waals surface area contributed by atoms with Gasteiger partial charge in [-0.3, -0.25) is 14.8 Å². The molecule has 0 aliphatic heterocycles. The number of carbonyl (C=O) groups is 1. The monoisotopic (exact) mass is 604 g/mol. The number of hydrogen-bond donors (Lipinski definition) is 0. The minimum absolute atomic E-state index is 0.0891. The summed E-state index contributed by atoms with van der Waals surface area (Å²) in [5, 5.41) is 0. The number of ketones is 1. The summed E-state index contributed by atoms with van der Waals surface area (Å²) in [7, 11) is 0. The molecular formula is C41H36N2O3. The third kappa shape index (κ3) is 8.33. The van der Waals surface area contributed by atoms with Gasteiger partial charge in [0.25, 0.3) is 0 Å². The van der Waals surface area contributed by atoms with Crippen molar-refractivity contribution >= 4 is 5.78 Å². The van der Waals surface area contributed by atoms with Crippen LogP contribution in [0, 0.1) is 0 Å². The molecule has 5 heteroatoms. The van der Waals surface area contributed by atoms with Gasteiger partial charge in [-0.25, -0.2) is 0 Å². The predicted molar refractivity (Wildman–Crippen MR) is 181 cm³/mol. The number of nitrogens with zero attached hydrogens (tertiary/aromatic N) is 2. The highest BCUT2D eigenvalue weighted by Crippen LogP contribution is 2.31. The zero-order chi connectivity index (χ0) is 31.4. The zero-order valence-corrected chi connectivity index (χ0v) is 25.6. The number of rotatable bonds is 14. The number of pyridine rings is 2. The van der Waals surface area contributed by atoms with Crippen molar-refractivity contribution in [2.75, 3.05) is 0 Å². The van der Waals surface area contributed by atoms with Crippen molar-refractivity contribution in [3.63, 3.8) is 0 Å². The Morgan fingerprint density at radius 1 is 0.457 bits per heavy atom. The molecule has 0 spiro atoms. The summed E-state index contributed by atoms with van der Waals surface area (Å²) in [5.41, 5.74) is 5.81. The van der Waals surface area contributed by atoms with E-state index in [1.807, 2.05) is 146 Å². The first kappa shape index (κ1) is 30.5. The first-order chi connectivity index (χ1) is 22.7. The summed E-state index contributed by atoms with van der Waals surface area (Å²) in [6.45, 7) is 1.00. The van der Waals surface area contributed by atoms with Gasteiger partial charge in [-0.1, -0.05) is 97.1 Å². The van der Waals surface area contributed by atoms with E-state index in [-0.39, 0.29) is 5.78 Å². The van der Waals surface area contributed by atoms with Gasteiger partial charge in [-0.05, 0) is 83.6 Å². The maximum Gasteiger partial charge on any atom is 0.151 e. The van der Waals surface area contributed by atoms with Crippen LogP contribution in [0.15, 0.2) is 158 Å². The standard InChI is InChI=1S/C41H36N2O3/c44-41(37(39-15-7-9-25-42-39)27-31-17-21-35(22-18-31)45-29-33-11-3-1-4-12-33)38(40-16-8-10-26-43-40)28-32-19-23-36(24-20-32)46-30-34-13-5-2-6-14-34/h1-26,37-38H,27-30H2. The minimum Gasteiger partial charge on any atom is -0.489 e. The van der Waals surface area contributed by atoms with Crippen LogP contribution in [0.3, 0.4) is 0 Å². The second-order valence-electron chi connectivity index (χ2n) is 11.3. The summed E-state index contributed by atoms with van der Waals surface area (Å²) in [5.74, 6) is 0.772. The smallest absolute Gasteiger partial charge is 0.151 e. The van der Waals surface area contributed by atoms with Crippen molar-refractivity contribution in [1.29, 1.82) is 0 Å². The van der Waals surface area contributed by atoms with E-state index in [1.54, 1.807) is 12.4 Å². The molecule has 0 bridgehead atoms. The van der Waals surface area contributed by atoms with E-state index in [0.717, 1.165) is 45.1 Å². The van der Waals surface area contributed by atoms with Crippen LogP contribution < -0.4 is 9.47 Å². The summed E-state index contributed by atoms with van der Waals surface area (Å²) in [6, 6.07) is 47.7. The Hall–Kier alpha value is -5.55. The molecule has 0 aliphatic rings. The molecule has 0 saturated carbocycles. The minimum atomic E-state index is -0.447. The molecule has 0 fully saturated rings. The number of benzene rings is 4. The molecule has 46 heavy (non-hydrogen) atoms. The highest BCUT2D eigenvalue weighted by molar-refractivity contribution is 5.91. The fourth-order valence-electron chi connectivity index (χ4n) is 5.51. The topological polar surface area (TPSA) is 61.3 Å². The summed E-state index contributed by atoms with van der Waals surface area (Å²) in [4.78, 5) is 23.8. The van der Waals surface area contributed by atoms with E-state index in [0.29, 0.717) is 26.1 Å². The van der Waals surface area contributed by atoms with Crippen LogP contribution in [0.25, 0.3) is 0 Å². The van der Waals surface area contributed by atoms with Crippen LogP contribution in [0.2, 0.25) is 0 Å². The Labute approximate surface area is 270 Å². The molecule has 0 N–H and O–H groups in total. The van der Waals surface area contributed by atoms with Crippen LogP contribution in [-0.4, -0.2) is 15.8 Å². The first-order valence-electron chi connectivity index (χ1n) is 15.6. The van der Waals surface area contributed by atoms with E-state index < -0.39 is 11.8 Å². The lowest BCUT2D eigenvalue weighted by Gasteiger charge is -2.23. The second kappa shape index (κ2) is 15.4. The van der Waals surface area contributed by atoms with Gasteiger partial charge in [0.1, 0.15) is 24.7 Å². The summed E-state index contributed by atoms with van der Waals surface area (Å²) in [6.07, 6.45) is 4.54. The Balaban J connectivity index is 1.20. The van der Waals surface area contributed by atoms with Crippen LogP contribution in [0.5, 0.6) is 11.5 Å². The van der Waals surface area contributed by atoms with Crippen molar-refractivity contribution < 1.29 is 14.3 Å². The Morgan fingerprint density at radius 3 is 1.22 bits per heavy atom. The molecule has 2 unspecified atom stereocenters. The Kier molecular flexibility index (Phi) is 10.2. The highest BCUT2D eigenvalue weighted by atomic mass is 16.5. The third-order valence-corrected chi connectivity index (χ3v) is 8.00. The van der Waals surface area contributed by atoms with E-state index >= 15 is 0 Å². The van der Waals surface area contributed by atoms with Crippen molar-refractivity contribution in [2.24, 2.45) is 0 Å². The van der Waals surface area contributed by atoms with Gasteiger partial charge in [0.2, 0.25) is 0 Å². The van der Waals surface area contributed by atoms with E-state index in [2.05, 4.69) is 9.97 Å². The van der Waals surface area contributed by atoms with Crippen LogP contribution in [0.4, 0.5) is 0 Å². The lowest BCUT2D eigenvalue weighted by Crippen LogP contribution is -2.25. The van der Waals surface area contributed by atoms with Gasteiger partial charge in [0.15, 0.2) is 5.78 Å². The Bertz CT molecular complexity index is 1640. The maximum atomic E-state index is 14.6. The molecule has 0 amide bonds. The highest BCUT2D eigenvalue weighted by Gasteiger charge is 2.31. The lowest BCUT2D eigenvalue weighted by molar-refractivity contribution is -0.122. The average molecular weight is 605 g/mol. The summed E-state index contributed by atoms with van der Waals surface area (Å²) < 4.78 is 12.0. The molecule has 2 atom stereocenters. The zero-order valence-electron chi connectivity index (χ0n) is 25.6. The van der Waals surface area contributed by atoms with Gasteiger partial charge >= 0.3 is 0 Å².